The summed E-state index contributed by atoms with van der Waals surface area (Å²) in [6, 6.07) is 10.7. The van der Waals surface area contributed by atoms with Crippen molar-refractivity contribution in [2.45, 2.75) is 39.0 Å². The summed E-state index contributed by atoms with van der Waals surface area (Å²) >= 11 is 0. The van der Waals surface area contributed by atoms with Gasteiger partial charge in [0.15, 0.2) is 0 Å². The highest BCUT2D eigenvalue weighted by atomic mass is 16.5. The van der Waals surface area contributed by atoms with Gasteiger partial charge in [0.05, 0.1) is 0 Å². The highest BCUT2D eigenvalue weighted by Crippen LogP contribution is 2.38. The second-order valence-electron chi connectivity index (χ2n) is 7.82. The van der Waals surface area contributed by atoms with E-state index in [0.717, 1.165) is 38.3 Å². The Bertz CT molecular complexity index is 698. The molecule has 0 bridgehead atoms. The molecule has 0 atom stereocenters. The Labute approximate surface area is 151 Å². The van der Waals surface area contributed by atoms with Gasteiger partial charge in [-0.25, -0.2) is 0 Å². The first kappa shape index (κ1) is 17.9. The lowest BCUT2D eigenvalue weighted by Crippen LogP contribution is -2.31. The highest BCUT2D eigenvalue weighted by molar-refractivity contribution is 5.45. The van der Waals surface area contributed by atoms with E-state index < -0.39 is 0 Å². The van der Waals surface area contributed by atoms with E-state index in [9.17, 15) is 0 Å². The minimum atomic E-state index is -0.101. The van der Waals surface area contributed by atoms with Gasteiger partial charge < -0.3 is 9.64 Å². The lowest BCUT2D eigenvalue weighted by atomic mass is 10.0. The van der Waals surface area contributed by atoms with Crippen LogP contribution in [-0.2, 0) is 19.5 Å². The normalized spacial score (nSPS) is 15.4. The highest BCUT2D eigenvalue weighted by Gasteiger charge is 2.31. The summed E-state index contributed by atoms with van der Waals surface area (Å²) in [5, 5.41) is 0. The maximum Gasteiger partial charge on any atom is 0.127 e. The predicted molar refractivity (Wildman–Crippen MR) is 102 cm³/mol. The molecule has 1 aromatic heterocycles. The quantitative estimate of drug-likeness (QED) is 0.773. The second kappa shape index (κ2) is 7.54. The molecule has 0 unspecified atom stereocenters. The first-order valence-corrected chi connectivity index (χ1v) is 8.99. The SMILES string of the molecule is CN(C)CCN(Cc1cccnc1)Cc1cccc2c1OC(C)(C)C2. The fourth-order valence-electron chi connectivity index (χ4n) is 3.35. The maximum absolute atomic E-state index is 6.25. The first-order chi connectivity index (χ1) is 11.9. The molecule has 0 saturated heterocycles. The average molecular weight is 339 g/mol. The van der Waals surface area contributed by atoms with Gasteiger partial charge >= 0.3 is 0 Å². The van der Waals surface area contributed by atoms with E-state index >= 15 is 0 Å². The molecule has 0 radical (unpaired) electrons. The van der Waals surface area contributed by atoms with Gasteiger partial charge in [-0.1, -0.05) is 24.3 Å². The molecule has 0 amide bonds. The van der Waals surface area contributed by atoms with Crippen LogP contribution >= 0.6 is 0 Å². The van der Waals surface area contributed by atoms with Gasteiger partial charge in [-0.2, -0.15) is 0 Å². The minimum Gasteiger partial charge on any atom is -0.487 e. The third-order valence-electron chi connectivity index (χ3n) is 4.56. The molecular weight excluding hydrogens is 310 g/mol. The topological polar surface area (TPSA) is 28.6 Å². The van der Waals surface area contributed by atoms with E-state index in [1.807, 2.05) is 18.5 Å². The zero-order valence-electron chi connectivity index (χ0n) is 15.8. The van der Waals surface area contributed by atoms with E-state index in [1.165, 1.54) is 16.7 Å². The summed E-state index contributed by atoms with van der Waals surface area (Å²) in [5.41, 5.74) is 3.76. The Hall–Kier alpha value is -1.91. The Morgan fingerprint density at radius 3 is 2.64 bits per heavy atom. The number of ether oxygens (including phenoxy) is 1. The number of benzene rings is 1. The van der Waals surface area contributed by atoms with Gasteiger partial charge in [-0.05, 0) is 45.1 Å². The number of hydrogen-bond acceptors (Lipinski definition) is 4. The Morgan fingerprint density at radius 2 is 1.92 bits per heavy atom. The fraction of sp³-hybridized carbons (Fsp3) is 0.476. The number of likely N-dealkylation sites (N-methyl/N-ethyl adjacent to an activating group) is 1. The van der Waals surface area contributed by atoms with E-state index in [1.54, 1.807) is 0 Å². The molecule has 0 spiro atoms. The zero-order chi connectivity index (χ0) is 17.9. The Morgan fingerprint density at radius 1 is 1.08 bits per heavy atom. The Balaban J connectivity index is 1.78. The van der Waals surface area contributed by atoms with Crippen molar-refractivity contribution >= 4 is 0 Å². The summed E-state index contributed by atoms with van der Waals surface area (Å²) in [4.78, 5) is 8.96. The number of para-hydroxylation sites is 1. The average Bonchev–Trinajstić information content (AvgIpc) is 2.88. The number of fused-ring (bicyclic) bond motifs is 1. The van der Waals surface area contributed by atoms with Crippen molar-refractivity contribution in [2.24, 2.45) is 0 Å². The van der Waals surface area contributed by atoms with E-state index in [0.29, 0.717) is 0 Å². The van der Waals surface area contributed by atoms with Crippen LogP contribution in [0.25, 0.3) is 0 Å². The van der Waals surface area contributed by atoms with E-state index in [4.69, 9.17) is 4.74 Å². The molecule has 0 aliphatic carbocycles. The molecule has 25 heavy (non-hydrogen) atoms. The van der Waals surface area contributed by atoms with Gasteiger partial charge in [0.25, 0.3) is 0 Å². The number of rotatable bonds is 7. The Kier molecular flexibility index (Phi) is 5.40. The zero-order valence-corrected chi connectivity index (χ0v) is 15.8. The van der Waals surface area contributed by atoms with Crippen LogP contribution in [0.1, 0.15) is 30.5 Å². The molecule has 3 rings (SSSR count). The standard InChI is InChI=1S/C21H29N3O/c1-21(2)13-18-8-5-9-19(20(18)25-21)16-24(12-11-23(3)4)15-17-7-6-10-22-14-17/h5-10,14H,11-13,15-16H2,1-4H3. The largest absolute Gasteiger partial charge is 0.487 e. The van der Waals surface area contributed by atoms with E-state index in [-0.39, 0.29) is 5.60 Å². The van der Waals surface area contributed by atoms with Crippen molar-refractivity contribution in [2.75, 3.05) is 27.2 Å². The smallest absolute Gasteiger partial charge is 0.127 e. The van der Waals surface area contributed by atoms with Crippen LogP contribution in [0.4, 0.5) is 0 Å². The number of nitrogens with zero attached hydrogens (tertiary/aromatic N) is 3. The number of aromatic nitrogens is 1. The molecule has 4 heteroatoms. The summed E-state index contributed by atoms with van der Waals surface area (Å²) < 4.78 is 6.25. The lowest BCUT2D eigenvalue weighted by molar-refractivity contribution is 0.134. The van der Waals surface area contributed by atoms with Crippen LogP contribution in [0.5, 0.6) is 5.75 Å². The number of pyridine rings is 1. The van der Waals surface area contributed by atoms with Gasteiger partial charge in [0.2, 0.25) is 0 Å². The molecule has 0 N–H and O–H groups in total. The number of hydrogen-bond donors (Lipinski definition) is 0. The van der Waals surface area contributed by atoms with Crippen molar-refractivity contribution in [1.29, 1.82) is 0 Å². The van der Waals surface area contributed by atoms with Crippen LogP contribution in [0.3, 0.4) is 0 Å². The summed E-state index contributed by atoms with van der Waals surface area (Å²) in [6.07, 6.45) is 4.77. The van der Waals surface area contributed by atoms with Crippen LogP contribution in [0, 0.1) is 0 Å². The fourth-order valence-corrected chi connectivity index (χ4v) is 3.35. The molecule has 0 saturated carbocycles. The molecule has 4 nitrogen and oxygen atoms in total. The second-order valence-corrected chi connectivity index (χ2v) is 7.82. The lowest BCUT2D eigenvalue weighted by Gasteiger charge is -2.25. The van der Waals surface area contributed by atoms with Crippen molar-refractivity contribution < 1.29 is 4.74 Å². The van der Waals surface area contributed by atoms with Gasteiger partial charge in [0.1, 0.15) is 11.4 Å². The monoisotopic (exact) mass is 339 g/mol. The maximum atomic E-state index is 6.25. The van der Waals surface area contributed by atoms with E-state index in [2.05, 4.69) is 67.0 Å². The summed E-state index contributed by atoms with van der Waals surface area (Å²) in [7, 11) is 4.24. The molecule has 1 aliphatic rings. The van der Waals surface area contributed by atoms with Gasteiger partial charge in [-0.3, -0.25) is 9.88 Å². The van der Waals surface area contributed by atoms with Gasteiger partial charge in [-0.15, -0.1) is 0 Å². The molecular formula is C21H29N3O. The van der Waals surface area contributed by atoms with Crippen LogP contribution < -0.4 is 4.74 Å². The van der Waals surface area contributed by atoms with Crippen molar-refractivity contribution in [3.05, 3.63) is 59.4 Å². The summed E-state index contributed by atoms with van der Waals surface area (Å²) in [5.74, 6) is 1.09. The van der Waals surface area contributed by atoms with Gasteiger partial charge in [0, 0.05) is 50.6 Å². The van der Waals surface area contributed by atoms with Crippen LogP contribution in [0.2, 0.25) is 0 Å². The molecule has 1 aromatic carbocycles. The molecule has 2 aromatic rings. The first-order valence-electron chi connectivity index (χ1n) is 8.99. The molecule has 2 heterocycles. The molecule has 134 valence electrons. The molecule has 0 fully saturated rings. The third-order valence-corrected chi connectivity index (χ3v) is 4.56. The van der Waals surface area contributed by atoms with Crippen LogP contribution in [0.15, 0.2) is 42.7 Å². The third kappa shape index (κ3) is 4.80. The van der Waals surface area contributed by atoms with Crippen molar-refractivity contribution in [1.82, 2.24) is 14.8 Å². The van der Waals surface area contributed by atoms with Crippen molar-refractivity contribution in [3.8, 4) is 5.75 Å². The minimum absolute atomic E-state index is 0.101. The van der Waals surface area contributed by atoms with Crippen LogP contribution in [-0.4, -0.2) is 47.6 Å². The predicted octanol–water partition coefficient (Wildman–Crippen LogP) is 3.36. The van der Waals surface area contributed by atoms with Crippen molar-refractivity contribution in [3.63, 3.8) is 0 Å². The summed E-state index contributed by atoms with van der Waals surface area (Å²) in [6.45, 7) is 8.15. The molecule has 1 aliphatic heterocycles.